The van der Waals surface area contributed by atoms with E-state index >= 15 is 0 Å². The molecule has 0 fully saturated rings. The lowest BCUT2D eigenvalue weighted by atomic mass is 10.2. The van der Waals surface area contributed by atoms with Crippen LogP contribution in [0.1, 0.15) is 5.56 Å². The molecule has 0 saturated heterocycles. The van der Waals surface area contributed by atoms with Crippen molar-refractivity contribution in [2.45, 2.75) is 11.8 Å². The van der Waals surface area contributed by atoms with Gasteiger partial charge in [-0.2, -0.15) is 0 Å². The lowest BCUT2D eigenvalue weighted by Crippen LogP contribution is -2.12. The van der Waals surface area contributed by atoms with Gasteiger partial charge in [-0.1, -0.05) is 23.8 Å². The normalized spacial score (nSPS) is 11.7. The summed E-state index contributed by atoms with van der Waals surface area (Å²) in [7, 11) is -3.72. The number of nitrogens with zero attached hydrogens (tertiary/aromatic N) is 4. The minimum atomic E-state index is -3.72. The Morgan fingerprint density at radius 1 is 0.920 bits per heavy atom. The summed E-state index contributed by atoms with van der Waals surface area (Å²) in [4.78, 5) is 13.2. The van der Waals surface area contributed by atoms with Crippen LogP contribution in [0.25, 0.3) is 22.6 Å². The van der Waals surface area contributed by atoms with Gasteiger partial charge in [0.2, 0.25) is 0 Å². The number of aromatic nitrogens is 4. The molecule has 4 aromatic rings. The first-order chi connectivity index (χ1) is 12.1. The molecule has 4 rings (SSSR count). The van der Waals surface area contributed by atoms with Crippen molar-refractivity contribution in [1.82, 2.24) is 18.9 Å². The van der Waals surface area contributed by atoms with Crippen LogP contribution >= 0.6 is 0 Å². The molecule has 25 heavy (non-hydrogen) atoms. The molecule has 0 spiro atoms. The second kappa shape index (κ2) is 5.78. The van der Waals surface area contributed by atoms with Crippen LogP contribution in [-0.2, 0) is 10.0 Å². The minimum absolute atomic E-state index is 0.214. The largest absolute Gasteiger partial charge is 0.269 e. The third-order valence-electron chi connectivity index (χ3n) is 3.86. The van der Waals surface area contributed by atoms with Crippen LogP contribution in [0.3, 0.4) is 0 Å². The van der Waals surface area contributed by atoms with E-state index < -0.39 is 10.0 Å². The molecule has 1 aromatic carbocycles. The number of fused-ring (bicyclic) bond motifs is 1. The van der Waals surface area contributed by atoms with Crippen molar-refractivity contribution >= 4 is 21.2 Å². The second-order valence-electron chi connectivity index (χ2n) is 5.61. The Balaban J connectivity index is 1.83. The van der Waals surface area contributed by atoms with Crippen molar-refractivity contribution in [3.05, 3.63) is 72.7 Å². The molecular formula is C18H14N4O2S. The van der Waals surface area contributed by atoms with Gasteiger partial charge in [0.1, 0.15) is 11.2 Å². The molecule has 0 bridgehead atoms. The molecule has 0 atom stereocenters. The predicted molar refractivity (Wildman–Crippen MR) is 94.5 cm³/mol. The third kappa shape index (κ3) is 2.68. The zero-order valence-electron chi connectivity index (χ0n) is 13.4. The van der Waals surface area contributed by atoms with Crippen molar-refractivity contribution in [2.24, 2.45) is 0 Å². The number of rotatable bonds is 3. The molecule has 0 N–H and O–H groups in total. The molecular weight excluding hydrogens is 336 g/mol. The van der Waals surface area contributed by atoms with Crippen molar-refractivity contribution < 1.29 is 8.42 Å². The summed E-state index contributed by atoms with van der Waals surface area (Å²) < 4.78 is 26.9. The first kappa shape index (κ1) is 15.5. The molecule has 0 aliphatic carbocycles. The summed E-state index contributed by atoms with van der Waals surface area (Å²) in [5.41, 5.74) is 3.07. The Labute approximate surface area is 144 Å². The summed E-state index contributed by atoms with van der Waals surface area (Å²) in [6.07, 6.45) is 4.68. The fraction of sp³-hybridized carbons (Fsp3) is 0.0556. The van der Waals surface area contributed by atoms with Crippen LogP contribution in [0.4, 0.5) is 0 Å². The van der Waals surface area contributed by atoms with Crippen molar-refractivity contribution in [3.8, 4) is 11.4 Å². The van der Waals surface area contributed by atoms with Crippen LogP contribution in [0.5, 0.6) is 0 Å². The van der Waals surface area contributed by atoms with Gasteiger partial charge in [0.25, 0.3) is 10.0 Å². The average molecular weight is 350 g/mol. The molecule has 6 nitrogen and oxygen atoms in total. The van der Waals surface area contributed by atoms with Crippen molar-refractivity contribution in [3.63, 3.8) is 0 Å². The van der Waals surface area contributed by atoms with Crippen LogP contribution in [-0.4, -0.2) is 27.3 Å². The van der Waals surface area contributed by atoms with Crippen LogP contribution < -0.4 is 0 Å². The van der Waals surface area contributed by atoms with Crippen LogP contribution in [0.15, 0.2) is 72.0 Å². The maximum Gasteiger partial charge on any atom is 0.269 e. The Morgan fingerprint density at radius 3 is 2.44 bits per heavy atom. The molecule has 124 valence electrons. The molecule has 0 saturated carbocycles. The molecule has 0 radical (unpaired) electrons. The second-order valence-corrected chi connectivity index (χ2v) is 7.42. The van der Waals surface area contributed by atoms with E-state index in [4.69, 9.17) is 0 Å². The number of hydrogen-bond acceptors (Lipinski definition) is 5. The van der Waals surface area contributed by atoms with Gasteiger partial charge in [0, 0.05) is 12.4 Å². The van der Waals surface area contributed by atoms with E-state index in [-0.39, 0.29) is 4.90 Å². The lowest BCUT2D eigenvalue weighted by Gasteiger charge is -2.07. The summed E-state index contributed by atoms with van der Waals surface area (Å²) in [6.45, 7) is 1.91. The highest BCUT2D eigenvalue weighted by molar-refractivity contribution is 7.90. The van der Waals surface area contributed by atoms with E-state index in [2.05, 4.69) is 15.0 Å². The zero-order valence-corrected chi connectivity index (χ0v) is 14.2. The average Bonchev–Trinajstić information content (AvgIpc) is 3.07. The molecule has 7 heteroatoms. The number of hydrogen-bond donors (Lipinski definition) is 0. The van der Waals surface area contributed by atoms with Crippen molar-refractivity contribution in [2.75, 3.05) is 0 Å². The van der Waals surface area contributed by atoms with Gasteiger partial charge in [-0.3, -0.25) is 4.98 Å². The number of aryl methyl sites for hydroxylation is 1. The van der Waals surface area contributed by atoms with Gasteiger partial charge >= 0.3 is 0 Å². The highest BCUT2D eigenvalue weighted by Gasteiger charge is 2.20. The molecule has 3 aromatic heterocycles. The highest BCUT2D eigenvalue weighted by atomic mass is 32.2. The Morgan fingerprint density at radius 2 is 1.72 bits per heavy atom. The summed E-state index contributed by atoms with van der Waals surface area (Å²) in [5, 5.41) is 0. The summed E-state index contributed by atoms with van der Waals surface area (Å²) in [6, 6.07) is 13.9. The minimum Gasteiger partial charge on any atom is -0.255 e. The zero-order chi connectivity index (χ0) is 17.4. The number of benzene rings is 1. The van der Waals surface area contributed by atoms with E-state index in [1.165, 1.54) is 12.4 Å². The number of pyridine rings is 1. The predicted octanol–water partition coefficient (Wildman–Crippen LogP) is 3.04. The highest BCUT2D eigenvalue weighted by Crippen LogP contribution is 2.22. The first-order valence-corrected chi connectivity index (χ1v) is 9.07. The topological polar surface area (TPSA) is 77.7 Å². The maximum absolute atomic E-state index is 12.9. The van der Waals surface area contributed by atoms with Gasteiger partial charge in [-0.15, -0.1) is 0 Å². The van der Waals surface area contributed by atoms with Gasteiger partial charge in [0.15, 0.2) is 5.65 Å². The van der Waals surface area contributed by atoms with E-state index in [1.54, 1.807) is 36.5 Å². The quantitative estimate of drug-likeness (QED) is 0.567. The monoisotopic (exact) mass is 350 g/mol. The van der Waals surface area contributed by atoms with Gasteiger partial charge < -0.3 is 0 Å². The molecule has 3 heterocycles. The molecule has 0 unspecified atom stereocenters. The van der Waals surface area contributed by atoms with Gasteiger partial charge in [-0.05, 0) is 37.3 Å². The summed E-state index contributed by atoms with van der Waals surface area (Å²) in [5.74, 6) is 0. The van der Waals surface area contributed by atoms with E-state index in [9.17, 15) is 8.42 Å². The first-order valence-electron chi connectivity index (χ1n) is 7.63. The van der Waals surface area contributed by atoms with E-state index in [0.29, 0.717) is 22.6 Å². The van der Waals surface area contributed by atoms with Crippen molar-refractivity contribution in [1.29, 1.82) is 0 Å². The van der Waals surface area contributed by atoms with E-state index in [1.807, 2.05) is 25.1 Å². The fourth-order valence-electron chi connectivity index (χ4n) is 2.54. The third-order valence-corrected chi connectivity index (χ3v) is 5.54. The van der Waals surface area contributed by atoms with Crippen LogP contribution in [0, 0.1) is 6.92 Å². The molecule has 0 aliphatic rings. The standard InChI is InChI=1S/C18H14N4O2S/c1-13-5-7-14(8-6-13)25(23,24)22-11-9-16-18(22)20-12-17(21-16)15-4-2-3-10-19-15/h2-12H,1H3. The van der Waals surface area contributed by atoms with Gasteiger partial charge in [-0.25, -0.2) is 22.4 Å². The Bertz CT molecular complexity index is 1150. The van der Waals surface area contributed by atoms with Crippen LogP contribution in [0.2, 0.25) is 0 Å². The SMILES string of the molecule is Cc1ccc(S(=O)(=O)n2ccc3nc(-c4ccccn4)cnc32)cc1. The Hall–Kier alpha value is -3.06. The lowest BCUT2D eigenvalue weighted by molar-refractivity contribution is 0.588. The van der Waals surface area contributed by atoms with Gasteiger partial charge in [0.05, 0.1) is 16.8 Å². The maximum atomic E-state index is 12.9. The molecule has 0 amide bonds. The smallest absolute Gasteiger partial charge is 0.255 e. The summed E-state index contributed by atoms with van der Waals surface area (Å²) >= 11 is 0. The van der Waals surface area contributed by atoms with E-state index in [0.717, 1.165) is 9.54 Å². The Kier molecular flexibility index (Phi) is 3.58. The fourth-order valence-corrected chi connectivity index (χ4v) is 3.84. The molecule has 0 aliphatic heterocycles.